The molecule has 0 aliphatic carbocycles. The number of rotatable bonds is 5. The minimum absolute atomic E-state index is 0.0359. The van der Waals surface area contributed by atoms with Crippen molar-refractivity contribution in [3.05, 3.63) is 0 Å². The molecule has 2 heterocycles. The van der Waals surface area contributed by atoms with Crippen molar-refractivity contribution in [1.82, 2.24) is 0 Å². The zero-order valence-electron chi connectivity index (χ0n) is 16.4. The van der Waals surface area contributed by atoms with Crippen molar-refractivity contribution in [2.45, 2.75) is 33.1 Å². The third kappa shape index (κ3) is 26.1. The van der Waals surface area contributed by atoms with E-state index in [-0.39, 0.29) is 24.3 Å². The van der Waals surface area contributed by atoms with Crippen LogP contribution in [0.3, 0.4) is 0 Å². The van der Waals surface area contributed by atoms with Crippen LogP contribution in [0.25, 0.3) is 0 Å². The van der Waals surface area contributed by atoms with E-state index < -0.39 is 6.16 Å². The fourth-order valence-electron chi connectivity index (χ4n) is 1.39. The van der Waals surface area contributed by atoms with E-state index in [9.17, 15) is 19.2 Å². The van der Waals surface area contributed by atoms with E-state index >= 15 is 0 Å². The summed E-state index contributed by atoms with van der Waals surface area (Å²) < 4.78 is 26.8. The fourth-order valence-corrected chi connectivity index (χ4v) is 1.39. The molecule has 2 rings (SSSR count). The van der Waals surface area contributed by atoms with Crippen molar-refractivity contribution in [2.75, 3.05) is 53.9 Å². The van der Waals surface area contributed by atoms with E-state index in [1.807, 2.05) is 0 Å². The maximum atomic E-state index is 10.2. The summed E-state index contributed by atoms with van der Waals surface area (Å²) in [6, 6.07) is 0. The Morgan fingerprint density at radius 2 is 1.52 bits per heavy atom. The molecule has 0 amide bonds. The van der Waals surface area contributed by atoms with Crippen LogP contribution in [0.2, 0.25) is 0 Å². The summed E-state index contributed by atoms with van der Waals surface area (Å²) in [4.78, 5) is 40.0. The second kappa shape index (κ2) is 20.1. The molecule has 2 aliphatic heterocycles. The maximum absolute atomic E-state index is 10.2. The molecule has 0 aromatic carbocycles. The Balaban J connectivity index is 0. The lowest BCUT2D eigenvalue weighted by atomic mass is 10.2. The van der Waals surface area contributed by atoms with E-state index in [4.69, 9.17) is 0 Å². The number of Topliss-reactive ketones (excluding diaryl/α,β-unsaturated/α-hetero) is 1. The number of hydrogen-bond acceptors (Lipinski definition) is 10. The van der Waals surface area contributed by atoms with Gasteiger partial charge in [-0.25, -0.2) is 4.79 Å². The average molecular weight is 394 g/mol. The molecule has 0 unspecified atom stereocenters. The summed E-state index contributed by atoms with van der Waals surface area (Å²) >= 11 is 0. The molecule has 158 valence electrons. The van der Waals surface area contributed by atoms with Gasteiger partial charge in [0.05, 0.1) is 13.2 Å². The highest BCUT2D eigenvalue weighted by atomic mass is 16.8. The van der Waals surface area contributed by atoms with Crippen LogP contribution in [0.15, 0.2) is 0 Å². The second-order valence-electron chi connectivity index (χ2n) is 5.09. The van der Waals surface area contributed by atoms with E-state index in [1.54, 1.807) is 7.11 Å². The van der Waals surface area contributed by atoms with Crippen molar-refractivity contribution in [1.29, 1.82) is 0 Å². The van der Waals surface area contributed by atoms with Crippen LogP contribution < -0.4 is 0 Å². The molecule has 0 radical (unpaired) electrons. The molecule has 0 bridgehead atoms. The maximum Gasteiger partial charge on any atom is 0.508 e. The molecule has 10 heteroatoms. The summed E-state index contributed by atoms with van der Waals surface area (Å²) in [5.41, 5.74) is 0. The van der Waals surface area contributed by atoms with Gasteiger partial charge in [0.2, 0.25) is 0 Å². The highest BCUT2D eigenvalue weighted by Crippen LogP contribution is 2.04. The summed E-state index contributed by atoms with van der Waals surface area (Å²) in [5.74, 6) is -0.231. The molecule has 0 aromatic heterocycles. The Morgan fingerprint density at radius 3 is 1.74 bits per heavy atom. The lowest BCUT2D eigenvalue weighted by Gasteiger charge is -2.08. The number of carbonyl (C=O) groups is 4. The van der Waals surface area contributed by atoms with Crippen LogP contribution in [0.4, 0.5) is 4.79 Å². The minimum Gasteiger partial charge on any atom is -0.466 e. The van der Waals surface area contributed by atoms with Crippen molar-refractivity contribution in [2.24, 2.45) is 0 Å². The molecule has 0 spiro atoms. The molecule has 10 nitrogen and oxygen atoms in total. The molecule has 0 saturated carbocycles. The lowest BCUT2D eigenvalue weighted by Crippen LogP contribution is -2.10. The zero-order valence-corrected chi connectivity index (χ0v) is 16.4. The lowest BCUT2D eigenvalue weighted by molar-refractivity contribution is -0.146. The van der Waals surface area contributed by atoms with Crippen molar-refractivity contribution in [3.63, 3.8) is 0 Å². The van der Waals surface area contributed by atoms with E-state index in [0.717, 1.165) is 12.8 Å². The smallest absolute Gasteiger partial charge is 0.466 e. The van der Waals surface area contributed by atoms with Gasteiger partial charge in [-0.05, 0) is 19.8 Å². The largest absolute Gasteiger partial charge is 0.508 e. The Kier molecular flexibility index (Phi) is 20.1. The van der Waals surface area contributed by atoms with Crippen LogP contribution in [-0.2, 0) is 42.8 Å². The van der Waals surface area contributed by atoms with Crippen LogP contribution in [0, 0.1) is 0 Å². The first-order valence-corrected chi connectivity index (χ1v) is 8.39. The summed E-state index contributed by atoms with van der Waals surface area (Å²) in [6.45, 7) is 5.39. The SMILES string of the molecule is COCC(C)=O.COCCOC(C)=O.O=C1CCCCO1.O=C1OCCO1. The monoisotopic (exact) mass is 394 g/mol. The molecule has 27 heavy (non-hydrogen) atoms. The first kappa shape index (κ1) is 27.0. The number of ketones is 1. The quantitative estimate of drug-likeness (QED) is 0.382. The predicted molar refractivity (Wildman–Crippen MR) is 93.2 cm³/mol. The van der Waals surface area contributed by atoms with E-state index in [1.165, 1.54) is 21.0 Å². The number of cyclic esters (lactones) is 3. The number of hydrogen-bond donors (Lipinski definition) is 0. The minimum atomic E-state index is -0.546. The van der Waals surface area contributed by atoms with E-state index in [0.29, 0.717) is 39.5 Å². The summed E-state index contributed by atoms with van der Waals surface area (Å²) in [6.07, 6.45) is 2.14. The van der Waals surface area contributed by atoms with Crippen LogP contribution in [-0.4, -0.2) is 77.7 Å². The van der Waals surface area contributed by atoms with Gasteiger partial charge in [-0.15, -0.1) is 0 Å². The number of ether oxygens (including phenoxy) is 6. The van der Waals surface area contributed by atoms with Crippen molar-refractivity contribution < 1.29 is 47.6 Å². The molecule has 0 aromatic rings. The fraction of sp³-hybridized carbons (Fsp3) is 0.765. The number of carbonyl (C=O) groups excluding carboxylic acids is 4. The van der Waals surface area contributed by atoms with Gasteiger partial charge in [-0.3, -0.25) is 14.4 Å². The first-order chi connectivity index (χ1) is 12.8. The normalized spacial score (nSPS) is 14.4. The average Bonchev–Trinajstić information content (AvgIpc) is 3.08. The van der Waals surface area contributed by atoms with Gasteiger partial charge < -0.3 is 28.4 Å². The Bertz CT molecular complexity index is 406. The van der Waals surface area contributed by atoms with Gasteiger partial charge in [-0.2, -0.15) is 0 Å². The number of methoxy groups -OCH3 is 2. The topological polar surface area (TPSA) is 124 Å². The molecular formula is C17H30O10. The van der Waals surface area contributed by atoms with Gasteiger partial charge in [0.1, 0.15) is 26.4 Å². The molecule has 0 atom stereocenters. The van der Waals surface area contributed by atoms with E-state index in [2.05, 4.69) is 28.4 Å². The van der Waals surface area contributed by atoms with Gasteiger partial charge in [0.15, 0.2) is 5.78 Å². The van der Waals surface area contributed by atoms with Gasteiger partial charge in [0.25, 0.3) is 0 Å². The van der Waals surface area contributed by atoms with Gasteiger partial charge >= 0.3 is 18.1 Å². The van der Waals surface area contributed by atoms with Crippen LogP contribution >= 0.6 is 0 Å². The second-order valence-corrected chi connectivity index (χ2v) is 5.09. The zero-order chi connectivity index (χ0) is 20.9. The highest BCUT2D eigenvalue weighted by Gasteiger charge is 2.09. The third-order valence-corrected chi connectivity index (χ3v) is 2.50. The predicted octanol–water partition coefficient (Wildman–Crippen LogP) is 1.28. The van der Waals surface area contributed by atoms with Gasteiger partial charge in [-0.1, -0.05) is 0 Å². The van der Waals surface area contributed by atoms with Crippen LogP contribution in [0.1, 0.15) is 33.1 Å². The van der Waals surface area contributed by atoms with Crippen molar-refractivity contribution >= 4 is 23.9 Å². The molecule has 2 aliphatic rings. The summed E-state index contributed by atoms with van der Waals surface area (Å²) in [7, 11) is 3.06. The Morgan fingerprint density at radius 1 is 0.889 bits per heavy atom. The molecule has 2 fully saturated rings. The molecule has 2 saturated heterocycles. The molecular weight excluding hydrogens is 364 g/mol. The van der Waals surface area contributed by atoms with Crippen LogP contribution in [0.5, 0.6) is 0 Å². The Labute approximate surface area is 159 Å². The molecule has 0 N–H and O–H groups in total. The van der Waals surface area contributed by atoms with Crippen molar-refractivity contribution in [3.8, 4) is 0 Å². The third-order valence-electron chi connectivity index (χ3n) is 2.50. The number of esters is 2. The Hall–Kier alpha value is -2.20. The van der Waals surface area contributed by atoms with Gasteiger partial charge in [0, 0.05) is 27.6 Å². The first-order valence-electron chi connectivity index (χ1n) is 8.39. The summed E-state index contributed by atoms with van der Waals surface area (Å²) in [5, 5.41) is 0. The standard InChI is InChI=1S/C5H10O3.C5H8O2.C4H8O2.C3H4O3/c1-5(6)8-4-3-7-2;6-5-3-1-2-4-7-5;1-4(5)3-6-2;4-3-5-1-2-6-3/h3-4H2,1-2H3;1-4H2;3H2,1-2H3;1-2H2. The highest BCUT2D eigenvalue weighted by molar-refractivity contribution is 5.76.